The molecule has 4 N–H and O–H groups in total. The van der Waals surface area contributed by atoms with Crippen LogP contribution in [0.25, 0.3) is 0 Å². The minimum absolute atomic E-state index is 0.189. The van der Waals surface area contributed by atoms with Crippen molar-refractivity contribution in [2.75, 3.05) is 11.9 Å². The molecule has 1 aromatic carbocycles. The smallest absolute Gasteiger partial charge is 0.249 e. The Balaban J connectivity index is 1.95. The zero-order valence-corrected chi connectivity index (χ0v) is 14.0. The number of amides is 2. The molecule has 2 heterocycles. The van der Waals surface area contributed by atoms with Gasteiger partial charge in [0.2, 0.25) is 11.8 Å². The average Bonchev–Trinajstić information content (AvgIpc) is 3.07. The molecule has 0 bridgehead atoms. The minimum atomic E-state index is -0.644. The second-order valence-corrected chi connectivity index (χ2v) is 6.98. The number of anilines is 1. The molecule has 3 atom stereocenters. The number of hydrogen-bond donors (Lipinski definition) is 3. The Morgan fingerprint density at radius 2 is 2.21 bits per heavy atom. The second kappa shape index (κ2) is 5.63. The number of carbonyl (C=O) groups excluding carboxylic acids is 2. The number of fused-ring (bicyclic) bond motifs is 3. The van der Waals surface area contributed by atoms with Gasteiger partial charge in [0.15, 0.2) is 0 Å². The van der Waals surface area contributed by atoms with Gasteiger partial charge in [-0.25, -0.2) is 0 Å². The molecule has 128 valence electrons. The van der Waals surface area contributed by atoms with Crippen molar-refractivity contribution in [3.8, 4) is 0 Å². The van der Waals surface area contributed by atoms with Crippen LogP contribution in [0.15, 0.2) is 36.9 Å². The Morgan fingerprint density at radius 3 is 2.88 bits per heavy atom. The quantitative estimate of drug-likeness (QED) is 0.709. The molecule has 3 rings (SSSR count). The maximum Gasteiger partial charge on any atom is 0.249 e. The van der Waals surface area contributed by atoms with Gasteiger partial charge in [-0.1, -0.05) is 38.1 Å². The summed E-state index contributed by atoms with van der Waals surface area (Å²) >= 11 is 0. The molecule has 0 radical (unpaired) electrons. The fourth-order valence-corrected chi connectivity index (χ4v) is 3.85. The van der Waals surface area contributed by atoms with Crippen molar-refractivity contribution in [3.05, 3.63) is 42.5 Å². The van der Waals surface area contributed by atoms with Crippen molar-refractivity contribution in [2.24, 2.45) is 11.1 Å². The summed E-state index contributed by atoms with van der Waals surface area (Å²) in [4.78, 5) is 23.2. The van der Waals surface area contributed by atoms with Crippen molar-refractivity contribution in [1.82, 2.24) is 5.32 Å². The average molecular weight is 329 g/mol. The van der Waals surface area contributed by atoms with Crippen molar-refractivity contribution in [2.45, 2.75) is 38.0 Å². The standard InChI is InChI=1S/C18H23N3O3/c1-4-17(2,3)18-9-13(15(23)20-10-14(19)22)24-16(18)21-12-8-6-5-7-11(12)18/h4-8,13,16,21H,1,9-10H2,2-3H3,(H2,19,22)(H,20,23)/t13-,16+,18-/m1/s1. The van der Waals surface area contributed by atoms with E-state index in [9.17, 15) is 9.59 Å². The summed E-state index contributed by atoms with van der Waals surface area (Å²) < 4.78 is 6.03. The zero-order chi connectivity index (χ0) is 17.5. The summed E-state index contributed by atoms with van der Waals surface area (Å²) in [5.41, 5.74) is 6.54. The van der Waals surface area contributed by atoms with Gasteiger partial charge in [0.05, 0.1) is 12.0 Å². The summed E-state index contributed by atoms with van der Waals surface area (Å²) in [6, 6.07) is 8.05. The number of benzene rings is 1. The third-order valence-corrected chi connectivity index (χ3v) is 5.34. The molecule has 24 heavy (non-hydrogen) atoms. The number of carbonyl (C=O) groups is 2. The van der Waals surface area contributed by atoms with E-state index >= 15 is 0 Å². The van der Waals surface area contributed by atoms with Gasteiger partial charge in [0.25, 0.3) is 0 Å². The number of nitrogens with one attached hydrogen (secondary N) is 2. The van der Waals surface area contributed by atoms with Gasteiger partial charge < -0.3 is 21.1 Å². The van der Waals surface area contributed by atoms with Gasteiger partial charge >= 0.3 is 0 Å². The maximum atomic E-state index is 12.4. The first-order valence-corrected chi connectivity index (χ1v) is 8.03. The molecule has 0 saturated carbocycles. The van der Waals surface area contributed by atoms with E-state index in [-0.39, 0.29) is 24.1 Å². The van der Waals surface area contributed by atoms with E-state index in [0.29, 0.717) is 6.42 Å². The van der Waals surface area contributed by atoms with Crippen LogP contribution >= 0.6 is 0 Å². The Hall–Kier alpha value is -2.34. The van der Waals surface area contributed by atoms with Crippen LogP contribution < -0.4 is 16.4 Å². The molecule has 0 aromatic heterocycles. The summed E-state index contributed by atoms with van der Waals surface area (Å²) in [6.07, 6.45) is 1.45. The maximum absolute atomic E-state index is 12.4. The van der Waals surface area contributed by atoms with Crippen molar-refractivity contribution >= 4 is 17.5 Å². The highest BCUT2D eigenvalue weighted by atomic mass is 16.5. The highest BCUT2D eigenvalue weighted by molar-refractivity contribution is 5.87. The summed E-state index contributed by atoms with van der Waals surface area (Å²) in [5, 5.41) is 5.92. The van der Waals surface area contributed by atoms with Gasteiger partial charge in [-0.2, -0.15) is 0 Å². The first-order chi connectivity index (χ1) is 11.3. The predicted molar refractivity (Wildman–Crippen MR) is 91.2 cm³/mol. The molecule has 1 saturated heterocycles. The van der Waals surface area contributed by atoms with E-state index in [0.717, 1.165) is 11.3 Å². The first-order valence-electron chi connectivity index (χ1n) is 8.03. The highest BCUT2D eigenvalue weighted by Crippen LogP contribution is 2.58. The summed E-state index contributed by atoms with van der Waals surface area (Å²) in [5.74, 6) is -0.895. The van der Waals surface area contributed by atoms with E-state index in [4.69, 9.17) is 10.5 Å². The largest absolute Gasteiger partial charge is 0.368 e. The van der Waals surface area contributed by atoms with Gasteiger partial charge in [-0.3, -0.25) is 9.59 Å². The van der Waals surface area contributed by atoms with Crippen molar-refractivity contribution in [1.29, 1.82) is 0 Å². The van der Waals surface area contributed by atoms with E-state index in [1.165, 1.54) is 0 Å². The lowest BCUT2D eigenvalue weighted by molar-refractivity contribution is -0.133. The molecule has 0 spiro atoms. The number of allylic oxidation sites excluding steroid dienone is 1. The molecule has 1 aromatic rings. The fraction of sp³-hybridized carbons (Fsp3) is 0.444. The summed E-state index contributed by atoms with van der Waals surface area (Å²) in [6.45, 7) is 8.00. The first kappa shape index (κ1) is 16.5. The van der Waals surface area contributed by atoms with Crippen LogP contribution in [0.4, 0.5) is 5.69 Å². The van der Waals surface area contributed by atoms with Gasteiger partial charge in [-0.05, 0) is 23.5 Å². The predicted octanol–water partition coefficient (Wildman–Crippen LogP) is 1.28. The number of ether oxygens (including phenoxy) is 1. The van der Waals surface area contributed by atoms with Crippen LogP contribution in [-0.2, 0) is 19.7 Å². The van der Waals surface area contributed by atoms with Gasteiger partial charge in [0, 0.05) is 5.69 Å². The fourth-order valence-electron chi connectivity index (χ4n) is 3.85. The second-order valence-electron chi connectivity index (χ2n) is 6.98. The number of para-hydroxylation sites is 1. The topological polar surface area (TPSA) is 93.5 Å². The lowest BCUT2D eigenvalue weighted by Crippen LogP contribution is -2.46. The number of nitrogens with two attached hydrogens (primary N) is 1. The monoisotopic (exact) mass is 329 g/mol. The highest BCUT2D eigenvalue weighted by Gasteiger charge is 2.62. The van der Waals surface area contributed by atoms with Crippen molar-refractivity contribution in [3.63, 3.8) is 0 Å². The third-order valence-electron chi connectivity index (χ3n) is 5.34. The van der Waals surface area contributed by atoms with Crippen LogP contribution in [0.3, 0.4) is 0 Å². The molecule has 0 aliphatic carbocycles. The van der Waals surface area contributed by atoms with Crippen LogP contribution in [0.1, 0.15) is 25.8 Å². The van der Waals surface area contributed by atoms with Crippen LogP contribution in [0, 0.1) is 5.41 Å². The van der Waals surface area contributed by atoms with Gasteiger partial charge in [-0.15, -0.1) is 6.58 Å². The molecule has 6 nitrogen and oxygen atoms in total. The summed E-state index contributed by atoms with van der Waals surface area (Å²) in [7, 11) is 0. The van der Waals surface area contributed by atoms with E-state index in [2.05, 4.69) is 37.1 Å². The van der Waals surface area contributed by atoms with E-state index in [1.54, 1.807) is 0 Å². The third kappa shape index (κ3) is 2.29. The Kier molecular flexibility index (Phi) is 3.87. The number of hydrogen-bond acceptors (Lipinski definition) is 4. The molecular weight excluding hydrogens is 306 g/mol. The normalized spacial score (nSPS) is 27.8. The zero-order valence-electron chi connectivity index (χ0n) is 14.0. The Labute approximate surface area is 141 Å². The molecular formula is C18H23N3O3. The van der Waals surface area contributed by atoms with Crippen LogP contribution in [0.2, 0.25) is 0 Å². The van der Waals surface area contributed by atoms with E-state index in [1.807, 2.05) is 24.3 Å². The SMILES string of the molecule is C=CC(C)(C)[C@@]12C[C@H](C(=O)NCC(N)=O)O[C@@H]1Nc1ccccc12. The molecule has 2 aliphatic rings. The van der Waals surface area contributed by atoms with Gasteiger partial charge in [0.1, 0.15) is 12.3 Å². The van der Waals surface area contributed by atoms with Crippen molar-refractivity contribution < 1.29 is 14.3 Å². The Morgan fingerprint density at radius 1 is 1.50 bits per heavy atom. The number of rotatable bonds is 5. The lowest BCUT2D eigenvalue weighted by Gasteiger charge is -2.41. The van der Waals surface area contributed by atoms with Crippen LogP contribution in [-0.4, -0.2) is 30.7 Å². The molecule has 6 heteroatoms. The Bertz CT molecular complexity index is 701. The van der Waals surface area contributed by atoms with E-state index < -0.39 is 17.4 Å². The lowest BCUT2D eigenvalue weighted by atomic mass is 9.60. The molecule has 0 unspecified atom stereocenters. The molecule has 2 amide bonds. The number of primary amides is 1. The molecule has 2 aliphatic heterocycles. The minimum Gasteiger partial charge on any atom is -0.368 e. The van der Waals surface area contributed by atoms with Crippen LogP contribution in [0.5, 0.6) is 0 Å². The molecule has 1 fully saturated rings.